The third kappa shape index (κ3) is 24.6. The van der Waals surface area contributed by atoms with Crippen LogP contribution in [0.2, 0.25) is 0 Å². The van der Waals surface area contributed by atoms with Crippen LogP contribution in [0.4, 0.5) is 0 Å². The Morgan fingerprint density at radius 1 is 0.516 bits per heavy atom. The van der Waals surface area contributed by atoms with Crippen molar-refractivity contribution in [3.05, 3.63) is 0 Å². The summed E-state index contributed by atoms with van der Waals surface area (Å²) in [6, 6.07) is 0. The zero-order chi connectivity index (χ0) is 23.0. The van der Waals surface area contributed by atoms with Gasteiger partial charge in [-0.1, -0.05) is 96.8 Å². The molecule has 0 aliphatic rings. The molecule has 0 unspecified atom stereocenters. The lowest BCUT2D eigenvalue weighted by atomic mass is 10.0. The van der Waals surface area contributed by atoms with Gasteiger partial charge in [-0.2, -0.15) is 0 Å². The summed E-state index contributed by atoms with van der Waals surface area (Å²) in [5.41, 5.74) is 0. The number of unbranched alkanes of at least 4 members (excludes halogenated alkanes) is 14. The second-order valence-electron chi connectivity index (χ2n) is 8.39. The molecule has 0 aromatic carbocycles. The molecule has 0 aliphatic carbocycles. The van der Waals surface area contributed by atoms with E-state index in [0.29, 0.717) is 6.42 Å². The van der Waals surface area contributed by atoms with Gasteiger partial charge in [0.1, 0.15) is 13.2 Å². The van der Waals surface area contributed by atoms with E-state index in [4.69, 9.17) is 14.6 Å². The Morgan fingerprint density at radius 2 is 0.871 bits per heavy atom. The zero-order valence-corrected chi connectivity index (χ0v) is 19.8. The Morgan fingerprint density at radius 3 is 1.26 bits per heavy atom. The maximum Gasteiger partial charge on any atom is 0.305 e. The summed E-state index contributed by atoms with van der Waals surface area (Å²) in [6.45, 7) is 2.34. The molecule has 0 amide bonds. The van der Waals surface area contributed by atoms with Crippen molar-refractivity contribution >= 4 is 17.9 Å². The van der Waals surface area contributed by atoms with Crippen molar-refractivity contribution in [3.63, 3.8) is 0 Å². The molecule has 1 N–H and O–H groups in total. The minimum Gasteiger partial charge on any atom is -0.481 e. The van der Waals surface area contributed by atoms with Gasteiger partial charge in [-0.3, -0.25) is 14.4 Å². The van der Waals surface area contributed by atoms with Crippen LogP contribution in [0, 0.1) is 0 Å². The van der Waals surface area contributed by atoms with Crippen LogP contribution in [0.5, 0.6) is 0 Å². The number of hydrogen-bond donors (Lipinski definition) is 1. The quantitative estimate of drug-likeness (QED) is 0.142. The van der Waals surface area contributed by atoms with Crippen LogP contribution < -0.4 is 0 Å². The molecule has 0 aromatic heterocycles. The van der Waals surface area contributed by atoms with Crippen LogP contribution in [0.15, 0.2) is 0 Å². The first-order valence-corrected chi connectivity index (χ1v) is 12.6. The summed E-state index contributed by atoms with van der Waals surface area (Å²) in [5, 5.41) is 8.50. The predicted molar refractivity (Wildman–Crippen MR) is 123 cm³/mol. The Hall–Kier alpha value is -1.59. The van der Waals surface area contributed by atoms with E-state index in [1.54, 1.807) is 0 Å². The molecule has 182 valence electrons. The van der Waals surface area contributed by atoms with E-state index in [0.717, 1.165) is 12.8 Å². The van der Waals surface area contributed by atoms with Crippen LogP contribution in [-0.4, -0.2) is 36.2 Å². The van der Waals surface area contributed by atoms with Crippen molar-refractivity contribution in [1.82, 2.24) is 0 Å². The molecular weight excluding hydrogens is 396 g/mol. The Kier molecular flexibility index (Phi) is 21.9. The van der Waals surface area contributed by atoms with Gasteiger partial charge in [0.25, 0.3) is 0 Å². The zero-order valence-electron chi connectivity index (χ0n) is 19.8. The number of aliphatic carboxylic acids is 1. The highest BCUT2D eigenvalue weighted by Crippen LogP contribution is 2.13. The molecule has 6 nitrogen and oxygen atoms in total. The molecule has 31 heavy (non-hydrogen) atoms. The molecule has 0 bridgehead atoms. The fourth-order valence-corrected chi connectivity index (χ4v) is 3.48. The average molecular weight is 443 g/mol. The molecule has 0 rings (SSSR count). The van der Waals surface area contributed by atoms with Crippen molar-refractivity contribution in [1.29, 1.82) is 0 Å². The number of carboxylic acid groups (broad SMARTS) is 1. The molecule has 0 fully saturated rings. The van der Waals surface area contributed by atoms with Crippen LogP contribution in [0.1, 0.15) is 129 Å². The minimum absolute atomic E-state index is 0.0243. The van der Waals surface area contributed by atoms with Gasteiger partial charge in [0, 0.05) is 19.3 Å². The number of ether oxygens (including phenoxy) is 2. The normalized spacial score (nSPS) is 10.7. The largest absolute Gasteiger partial charge is 0.481 e. The molecular formula is C25H46O6. The minimum atomic E-state index is -0.930. The summed E-state index contributed by atoms with van der Waals surface area (Å²) in [5.74, 6) is -1.64. The maximum absolute atomic E-state index is 11.6. The number of carboxylic acids is 1. The molecule has 0 radical (unpaired) electrons. The Balaban J connectivity index is 3.26. The van der Waals surface area contributed by atoms with Crippen molar-refractivity contribution in [3.8, 4) is 0 Å². The van der Waals surface area contributed by atoms with E-state index in [1.807, 2.05) is 0 Å². The van der Waals surface area contributed by atoms with Crippen LogP contribution >= 0.6 is 0 Å². The fraction of sp³-hybridized carbons (Fsp3) is 0.880. The first kappa shape index (κ1) is 29.4. The third-order valence-corrected chi connectivity index (χ3v) is 5.37. The summed E-state index contributed by atoms with van der Waals surface area (Å²) < 4.78 is 9.94. The summed E-state index contributed by atoms with van der Waals surface area (Å²) in [7, 11) is 0. The molecule has 6 heteroatoms. The molecule has 0 saturated heterocycles. The van der Waals surface area contributed by atoms with Gasteiger partial charge in [-0.15, -0.1) is 0 Å². The molecule has 0 atom stereocenters. The van der Waals surface area contributed by atoms with Gasteiger partial charge in [0.15, 0.2) is 0 Å². The van der Waals surface area contributed by atoms with Gasteiger partial charge in [-0.05, 0) is 12.8 Å². The van der Waals surface area contributed by atoms with E-state index in [-0.39, 0.29) is 38.4 Å². The SMILES string of the molecule is CCCCCCCCCCCCCCCCCC(=O)OCCOC(=O)CCCC(=O)O. The molecule has 0 saturated carbocycles. The molecule has 0 spiro atoms. The maximum atomic E-state index is 11.6. The van der Waals surface area contributed by atoms with Gasteiger partial charge in [0.05, 0.1) is 0 Å². The monoisotopic (exact) mass is 442 g/mol. The lowest BCUT2D eigenvalue weighted by Crippen LogP contribution is -2.14. The van der Waals surface area contributed by atoms with E-state index in [1.165, 1.54) is 83.5 Å². The lowest BCUT2D eigenvalue weighted by molar-refractivity contribution is -0.152. The van der Waals surface area contributed by atoms with Gasteiger partial charge in [-0.25, -0.2) is 0 Å². The topological polar surface area (TPSA) is 89.9 Å². The van der Waals surface area contributed by atoms with Crippen molar-refractivity contribution < 1.29 is 29.0 Å². The molecule has 0 aliphatic heterocycles. The number of carbonyl (C=O) groups is 3. The van der Waals surface area contributed by atoms with Gasteiger partial charge < -0.3 is 14.6 Å². The predicted octanol–water partition coefficient (Wildman–Crippen LogP) is 6.59. The number of hydrogen-bond acceptors (Lipinski definition) is 5. The number of esters is 2. The van der Waals surface area contributed by atoms with E-state index in [2.05, 4.69) is 6.92 Å². The Bertz CT molecular complexity index is 449. The van der Waals surface area contributed by atoms with Crippen molar-refractivity contribution in [2.24, 2.45) is 0 Å². The second kappa shape index (κ2) is 23.1. The van der Waals surface area contributed by atoms with E-state index in [9.17, 15) is 14.4 Å². The Labute approximate surface area is 189 Å². The van der Waals surface area contributed by atoms with Gasteiger partial charge >= 0.3 is 17.9 Å². The molecule has 0 aromatic rings. The number of carbonyl (C=O) groups excluding carboxylic acids is 2. The van der Waals surface area contributed by atoms with E-state index < -0.39 is 11.9 Å². The first-order valence-electron chi connectivity index (χ1n) is 12.6. The lowest BCUT2D eigenvalue weighted by Gasteiger charge is -2.06. The van der Waals surface area contributed by atoms with Gasteiger partial charge in [0.2, 0.25) is 0 Å². The average Bonchev–Trinajstić information content (AvgIpc) is 2.73. The summed E-state index contributed by atoms with van der Waals surface area (Å²) in [4.78, 5) is 33.3. The smallest absolute Gasteiger partial charge is 0.305 e. The highest BCUT2D eigenvalue weighted by Gasteiger charge is 2.06. The van der Waals surface area contributed by atoms with Crippen LogP contribution in [0.3, 0.4) is 0 Å². The third-order valence-electron chi connectivity index (χ3n) is 5.37. The highest BCUT2D eigenvalue weighted by molar-refractivity contribution is 5.71. The standard InChI is InChI=1S/C25H46O6/c1-2-3-4-5-6-7-8-9-10-11-12-13-14-15-16-19-24(28)30-21-22-31-25(29)20-17-18-23(26)27/h2-22H2,1H3,(H,26,27). The van der Waals surface area contributed by atoms with E-state index >= 15 is 0 Å². The van der Waals surface area contributed by atoms with Crippen LogP contribution in [-0.2, 0) is 23.9 Å². The summed E-state index contributed by atoms with van der Waals surface area (Å²) >= 11 is 0. The number of rotatable bonds is 23. The highest BCUT2D eigenvalue weighted by atomic mass is 16.6. The van der Waals surface area contributed by atoms with Crippen LogP contribution in [0.25, 0.3) is 0 Å². The summed E-state index contributed by atoms with van der Waals surface area (Å²) in [6.07, 6.45) is 20.0. The fourth-order valence-electron chi connectivity index (χ4n) is 3.48. The van der Waals surface area contributed by atoms with Crippen molar-refractivity contribution in [2.45, 2.75) is 129 Å². The first-order chi connectivity index (χ1) is 15.1. The van der Waals surface area contributed by atoms with Crippen molar-refractivity contribution in [2.75, 3.05) is 13.2 Å². The second-order valence-corrected chi connectivity index (χ2v) is 8.39. The molecule has 0 heterocycles.